The van der Waals surface area contributed by atoms with Crippen molar-refractivity contribution in [3.8, 4) is 5.75 Å². The smallest absolute Gasteiger partial charge is 0.276 e. The third-order valence-corrected chi connectivity index (χ3v) is 3.31. The molecular formula is C16H19ClN4O2. The highest BCUT2D eigenvalue weighted by Crippen LogP contribution is 2.16. The Kier molecular flexibility index (Phi) is 5.65. The Morgan fingerprint density at radius 3 is 2.65 bits per heavy atom. The van der Waals surface area contributed by atoms with Crippen LogP contribution in [-0.4, -0.2) is 21.1 Å². The summed E-state index contributed by atoms with van der Waals surface area (Å²) in [5, 5.41) is 0.661. The number of H-pyrrole nitrogens is 1. The van der Waals surface area contributed by atoms with Gasteiger partial charge in [-0.25, -0.2) is 4.98 Å². The molecule has 7 heteroatoms. The number of hydrogen-bond acceptors (Lipinski definition) is 4. The first-order valence-electron chi connectivity index (χ1n) is 7.36. The van der Waals surface area contributed by atoms with Gasteiger partial charge in [-0.3, -0.25) is 9.78 Å². The maximum Gasteiger partial charge on any atom is 0.276 e. The van der Waals surface area contributed by atoms with Gasteiger partial charge in [-0.05, 0) is 30.3 Å². The minimum absolute atomic E-state index is 0.114. The molecule has 0 saturated heterocycles. The Balaban J connectivity index is 0.000000924. The van der Waals surface area contributed by atoms with Gasteiger partial charge >= 0.3 is 0 Å². The lowest BCUT2D eigenvalue weighted by molar-refractivity contribution is 0.300. The molecule has 0 amide bonds. The van der Waals surface area contributed by atoms with E-state index in [0.717, 1.165) is 5.75 Å². The van der Waals surface area contributed by atoms with E-state index in [4.69, 9.17) is 22.1 Å². The molecular weight excluding hydrogens is 316 g/mol. The van der Waals surface area contributed by atoms with Gasteiger partial charge in [0.2, 0.25) is 5.95 Å². The van der Waals surface area contributed by atoms with Crippen molar-refractivity contribution in [2.75, 3.05) is 12.3 Å². The average Bonchev–Trinajstić information content (AvgIpc) is 2.94. The number of hydrogen-bond donors (Lipinski definition) is 2. The third-order valence-electron chi connectivity index (χ3n) is 3.05. The second-order valence-corrected chi connectivity index (χ2v) is 4.93. The number of nitrogen functional groups attached to an aromatic ring is 1. The summed E-state index contributed by atoms with van der Waals surface area (Å²) in [5.74, 6) is 0.842. The van der Waals surface area contributed by atoms with Crippen molar-refractivity contribution in [3.63, 3.8) is 0 Å². The van der Waals surface area contributed by atoms with E-state index in [1.54, 1.807) is 41.1 Å². The summed E-state index contributed by atoms with van der Waals surface area (Å²) < 4.78 is 7.40. The number of halogens is 1. The van der Waals surface area contributed by atoms with Gasteiger partial charge in [-0.15, -0.1) is 0 Å². The summed E-state index contributed by atoms with van der Waals surface area (Å²) in [6.45, 7) is 4.95. The zero-order chi connectivity index (χ0) is 16.8. The molecule has 6 nitrogen and oxygen atoms in total. The van der Waals surface area contributed by atoms with Crippen LogP contribution in [0.1, 0.15) is 13.8 Å². The van der Waals surface area contributed by atoms with Crippen LogP contribution in [0.4, 0.5) is 5.95 Å². The van der Waals surface area contributed by atoms with Gasteiger partial charge in [-0.1, -0.05) is 25.4 Å². The van der Waals surface area contributed by atoms with E-state index >= 15 is 0 Å². The van der Waals surface area contributed by atoms with Gasteiger partial charge in [0.05, 0.1) is 12.1 Å². The maximum absolute atomic E-state index is 11.9. The molecule has 0 unspecified atom stereocenters. The number of rotatable bonds is 4. The third kappa shape index (κ3) is 4.04. The topological polar surface area (TPSA) is 85.9 Å². The van der Waals surface area contributed by atoms with Gasteiger partial charge < -0.3 is 15.0 Å². The molecule has 2 aromatic heterocycles. The van der Waals surface area contributed by atoms with Gasteiger partial charge in [0.1, 0.15) is 17.9 Å². The molecule has 1 aromatic carbocycles. The Hall–Kier alpha value is -2.47. The fraction of sp³-hybridized carbons (Fsp3) is 0.250. The van der Waals surface area contributed by atoms with Crippen LogP contribution in [0.3, 0.4) is 0 Å². The lowest BCUT2D eigenvalue weighted by Gasteiger charge is -2.08. The summed E-state index contributed by atoms with van der Waals surface area (Å²) in [7, 11) is 0. The van der Waals surface area contributed by atoms with Crippen LogP contribution in [0.5, 0.6) is 5.75 Å². The van der Waals surface area contributed by atoms with Crippen molar-refractivity contribution in [2.24, 2.45) is 0 Å². The highest BCUT2D eigenvalue weighted by molar-refractivity contribution is 6.30. The molecule has 23 heavy (non-hydrogen) atoms. The largest absolute Gasteiger partial charge is 0.492 e. The number of nitrogens with zero attached hydrogens (tertiary/aromatic N) is 2. The van der Waals surface area contributed by atoms with Crippen molar-refractivity contribution >= 4 is 28.6 Å². The second-order valence-electron chi connectivity index (χ2n) is 4.50. The van der Waals surface area contributed by atoms with E-state index in [-0.39, 0.29) is 11.5 Å². The van der Waals surface area contributed by atoms with Crippen LogP contribution < -0.4 is 16.0 Å². The van der Waals surface area contributed by atoms with E-state index in [1.165, 1.54) is 0 Å². The van der Waals surface area contributed by atoms with Crippen LogP contribution >= 0.6 is 11.6 Å². The highest BCUT2D eigenvalue weighted by Gasteiger charge is 2.07. The van der Waals surface area contributed by atoms with Crippen LogP contribution in [0.25, 0.3) is 11.0 Å². The monoisotopic (exact) mass is 334 g/mol. The molecule has 0 radical (unpaired) electrons. The lowest BCUT2D eigenvalue weighted by Crippen LogP contribution is -2.16. The van der Waals surface area contributed by atoms with Crippen molar-refractivity contribution < 1.29 is 4.74 Å². The maximum atomic E-state index is 11.9. The molecule has 0 atom stereocenters. The molecule has 0 saturated carbocycles. The predicted octanol–water partition coefficient (Wildman–Crippen LogP) is 3.07. The number of nitrogens with two attached hydrogens (primary N) is 1. The molecule has 0 fully saturated rings. The molecule has 0 aliphatic rings. The minimum Gasteiger partial charge on any atom is -0.492 e. The number of fused-ring (bicyclic) bond motifs is 1. The lowest BCUT2D eigenvalue weighted by atomic mass is 10.3. The van der Waals surface area contributed by atoms with Gasteiger partial charge in [-0.2, -0.15) is 0 Å². The molecule has 3 rings (SSSR count). The van der Waals surface area contributed by atoms with Crippen LogP contribution in [-0.2, 0) is 6.54 Å². The Labute approximate surface area is 138 Å². The number of ether oxygens (including phenoxy) is 1. The molecule has 0 spiro atoms. The molecule has 2 heterocycles. The zero-order valence-electron chi connectivity index (χ0n) is 13.0. The molecule has 0 bridgehead atoms. The SMILES string of the molecule is CC.Nc1nc2ccn(CCOc3ccc(Cl)cc3)c2c(=O)[nH]1. The summed E-state index contributed by atoms with van der Waals surface area (Å²) in [4.78, 5) is 18.5. The molecule has 3 N–H and O–H groups in total. The van der Waals surface area contributed by atoms with Gasteiger partial charge in [0.15, 0.2) is 0 Å². The standard InChI is InChI=1S/C14H13ClN4O2.C2H6/c15-9-1-3-10(4-2-9)21-8-7-19-6-5-11-12(19)13(20)18-14(16)17-11;1-2/h1-6H,7-8H2,(H3,16,17,18,20);1-2H3. The van der Waals surface area contributed by atoms with Crippen molar-refractivity contribution in [2.45, 2.75) is 20.4 Å². The number of benzene rings is 1. The predicted molar refractivity (Wildman–Crippen MR) is 93.1 cm³/mol. The number of nitrogens with one attached hydrogen (secondary N) is 1. The van der Waals surface area contributed by atoms with E-state index in [0.29, 0.717) is 29.2 Å². The van der Waals surface area contributed by atoms with Gasteiger partial charge in [0, 0.05) is 11.2 Å². The van der Waals surface area contributed by atoms with Crippen LogP contribution in [0.2, 0.25) is 5.02 Å². The van der Waals surface area contributed by atoms with Crippen molar-refractivity contribution in [1.82, 2.24) is 14.5 Å². The second kappa shape index (κ2) is 7.69. The van der Waals surface area contributed by atoms with Gasteiger partial charge in [0.25, 0.3) is 5.56 Å². The number of aromatic amines is 1. The first-order chi connectivity index (χ1) is 11.1. The van der Waals surface area contributed by atoms with E-state index in [2.05, 4.69) is 9.97 Å². The zero-order valence-corrected chi connectivity index (χ0v) is 13.8. The van der Waals surface area contributed by atoms with E-state index in [1.807, 2.05) is 13.8 Å². The average molecular weight is 335 g/mol. The molecule has 0 aliphatic heterocycles. The van der Waals surface area contributed by atoms with Crippen molar-refractivity contribution in [1.29, 1.82) is 0 Å². The first-order valence-corrected chi connectivity index (χ1v) is 7.74. The van der Waals surface area contributed by atoms with Crippen molar-refractivity contribution in [3.05, 3.63) is 51.9 Å². The molecule has 3 aromatic rings. The summed E-state index contributed by atoms with van der Waals surface area (Å²) >= 11 is 5.81. The Bertz CT molecular complexity index is 824. The minimum atomic E-state index is -0.256. The highest BCUT2D eigenvalue weighted by atomic mass is 35.5. The molecule has 122 valence electrons. The Morgan fingerprint density at radius 1 is 1.26 bits per heavy atom. The van der Waals surface area contributed by atoms with E-state index < -0.39 is 0 Å². The van der Waals surface area contributed by atoms with E-state index in [9.17, 15) is 4.79 Å². The quantitative estimate of drug-likeness (QED) is 0.767. The number of aromatic nitrogens is 3. The Morgan fingerprint density at radius 2 is 1.96 bits per heavy atom. The number of anilines is 1. The molecule has 0 aliphatic carbocycles. The summed E-state index contributed by atoms with van der Waals surface area (Å²) in [5.41, 5.74) is 6.32. The first kappa shape index (κ1) is 16.9. The fourth-order valence-electron chi connectivity index (χ4n) is 2.11. The van der Waals surface area contributed by atoms with Crippen LogP contribution in [0.15, 0.2) is 41.3 Å². The van der Waals surface area contributed by atoms with Crippen LogP contribution in [0, 0.1) is 0 Å². The fourth-order valence-corrected chi connectivity index (χ4v) is 2.24. The summed E-state index contributed by atoms with van der Waals surface area (Å²) in [6, 6.07) is 8.87. The normalized spacial score (nSPS) is 10.2. The summed E-state index contributed by atoms with van der Waals surface area (Å²) in [6.07, 6.45) is 1.79.